The molecular formula is C31H22N4O12S3. The molecule has 0 saturated carbocycles. The molecule has 256 valence electrons. The fraction of sp³-hybridized carbons (Fsp3) is 0. The van der Waals surface area contributed by atoms with Crippen molar-refractivity contribution < 1.29 is 53.6 Å². The highest BCUT2D eigenvalue weighted by Gasteiger charge is 2.33. The summed E-state index contributed by atoms with van der Waals surface area (Å²) in [5.41, 5.74) is 2.49. The number of fused-ring (bicyclic) bond motifs is 3. The van der Waals surface area contributed by atoms with Gasteiger partial charge in [-0.3, -0.25) is 23.9 Å². The summed E-state index contributed by atoms with van der Waals surface area (Å²) in [5, 5.41) is 20.5. The first-order valence-corrected chi connectivity index (χ1v) is 18.2. The number of carbonyl (C=O) groups is 2. The third-order valence-electron chi connectivity index (χ3n) is 7.43. The molecule has 0 aromatic heterocycles. The van der Waals surface area contributed by atoms with E-state index in [1.54, 1.807) is 0 Å². The van der Waals surface area contributed by atoms with E-state index >= 15 is 0 Å². The number of allylic oxidation sites excluding steroid dienone is 1. The molecule has 5 aromatic rings. The third kappa shape index (κ3) is 7.03. The van der Waals surface area contributed by atoms with Crippen LogP contribution in [0.25, 0.3) is 27.6 Å². The highest BCUT2D eigenvalue weighted by molar-refractivity contribution is 7.91. The lowest BCUT2D eigenvalue weighted by Gasteiger charge is -2.17. The zero-order chi connectivity index (χ0) is 36.2. The van der Waals surface area contributed by atoms with Crippen LogP contribution in [-0.4, -0.2) is 61.5 Å². The first-order chi connectivity index (χ1) is 23.4. The number of hydrazone groups is 1. The average molecular weight is 739 g/mol. The Morgan fingerprint density at radius 1 is 0.620 bits per heavy atom. The lowest BCUT2D eigenvalue weighted by molar-refractivity contribution is 0.106. The minimum Gasteiger partial charge on any atom is -0.507 e. The standard InChI is InChI=1S/C31H22N4O12S3/c36-27-15-24(49(42,43)44)13-18-10-20(4-7-25(18)27)32-31(38)33-21-5-8-26-19(11-21)14-28(50(45,46)47)29(30(26)37)35-34-22-3-1-17-12-23(48(39,40)41)6-2-16(17)9-22/h1-15,34,36H,(H2,32,33,38)(H,39,40,41)(H,42,43,44)(H,45,46,47). The molecule has 1 aliphatic carbocycles. The molecule has 50 heavy (non-hydrogen) atoms. The van der Waals surface area contributed by atoms with E-state index in [1.807, 2.05) is 0 Å². The Morgan fingerprint density at radius 3 is 1.88 bits per heavy atom. The van der Waals surface area contributed by atoms with Gasteiger partial charge in [0.2, 0.25) is 5.78 Å². The summed E-state index contributed by atoms with van der Waals surface area (Å²) in [6, 6.07) is 17.6. The average Bonchev–Trinajstić information content (AvgIpc) is 3.02. The zero-order valence-corrected chi connectivity index (χ0v) is 27.3. The largest absolute Gasteiger partial charge is 0.507 e. The van der Waals surface area contributed by atoms with Gasteiger partial charge < -0.3 is 15.7 Å². The van der Waals surface area contributed by atoms with Gasteiger partial charge in [-0.15, -0.1) is 0 Å². The maximum absolute atomic E-state index is 13.4. The van der Waals surface area contributed by atoms with Gasteiger partial charge in [0.25, 0.3) is 30.4 Å². The van der Waals surface area contributed by atoms with Crippen LogP contribution in [-0.2, 0) is 30.4 Å². The highest BCUT2D eigenvalue weighted by atomic mass is 32.2. The second kappa shape index (κ2) is 12.3. The fourth-order valence-corrected chi connectivity index (χ4v) is 6.85. The number of ketones is 1. The highest BCUT2D eigenvalue weighted by Crippen LogP contribution is 2.32. The maximum Gasteiger partial charge on any atom is 0.323 e. The molecule has 0 atom stereocenters. The third-order valence-corrected chi connectivity index (χ3v) is 9.98. The van der Waals surface area contributed by atoms with Crippen LogP contribution in [0.4, 0.5) is 21.9 Å². The molecule has 7 N–H and O–H groups in total. The molecule has 1 aliphatic rings. The summed E-state index contributed by atoms with van der Waals surface area (Å²) in [4.78, 5) is 24.5. The molecule has 2 amide bonds. The number of phenols is 1. The number of phenolic OH excluding ortho intramolecular Hbond substituents is 1. The molecule has 16 nitrogen and oxygen atoms in total. The van der Waals surface area contributed by atoms with Crippen LogP contribution in [0.1, 0.15) is 15.9 Å². The van der Waals surface area contributed by atoms with Crippen LogP contribution in [0.5, 0.6) is 5.75 Å². The number of hydrogen-bond donors (Lipinski definition) is 7. The lowest BCUT2D eigenvalue weighted by atomic mass is 9.94. The summed E-state index contributed by atoms with van der Waals surface area (Å²) < 4.78 is 99.1. The number of hydrogen-bond acceptors (Lipinski definition) is 11. The van der Waals surface area contributed by atoms with E-state index in [2.05, 4.69) is 21.2 Å². The van der Waals surface area contributed by atoms with Crippen LogP contribution in [0.15, 0.2) is 105 Å². The van der Waals surface area contributed by atoms with Crippen molar-refractivity contribution in [3.63, 3.8) is 0 Å². The van der Waals surface area contributed by atoms with Gasteiger partial charge in [0.15, 0.2) is 5.71 Å². The van der Waals surface area contributed by atoms with Crippen molar-refractivity contribution in [2.75, 3.05) is 16.1 Å². The number of amides is 2. The SMILES string of the molecule is O=C(Nc1ccc2c(c1)C=C(S(=O)(=O)O)C(=NNc1ccc3cc(S(=O)(=O)O)ccc3c1)C2=O)Nc1ccc2c(O)cc(S(=O)(=O)O)cc2c1. The van der Waals surface area contributed by atoms with Crippen molar-refractivity contribution in [1.82, 2.24) is 0 Å². The molecule has 6 rings (SSSR count). The molecule has 0 radical (unpaired) electrons. The Bertz CT molecular complexity index is 2710. The van der Waals surface area contributed by atoms with Crippen LogP contribution in [0.3, 0.4) is 0 Å². The van der Waals surface area contributed by atoms with Gasteiger partial charge in [0.1, 0.15) is 10.7 Å². The number of rotatable bonds is 7. The summed E-state index contributed by atoms with van der Waals surface area (Å²) in [6.07, 6.45) is 0.996. The lowest BCUT2D eigenvalue weighted by Crippen LogP contribution is -2.27. The predicted octanol–water partition coefficient (Wildman–Crippen LogP) is 4.73. The minimum atomic E-state index is -5.00. The molecule has 0 fully saturated rings. The molecular weight excluding hydrogens is 717 g/mol. The summed E-state index contributed by atoms with van der Waals surface area (Å²) in [5.74, 6) is -1.29. The number of anilines is 3. The van der Waals surface area contributed by atoms with Crippen molar-refractivity contribution in [3.8, 4) is 5.75 Å². The molecule has 0 heterocycles. The van der Waals surface area contributed by atoms with Crippen molar-refractivity contribution in [3.05, 3.63) is 101 Å². The van der Waals surface area contributed by atoms with Crippen LogP contribution >= 0.6 is 0 Å². The van der Waals surface area contributed by atoms with E-state index in [-0.39, 0.29) is 43.9 Å². The molecule has 5 aromatic carbocycles. The van der Waals surface area contributed by atoms with Crippen molar-refractivity contribution >= 4 is 92.6 Å². The summed E-state index contributed by atoms with van der Waals surface area (Å²) in [6.45, 7) is 0. The van der Waals surface area contributed by atoms with Crippen molar-refractivity contribution in [1.29, 1.82) is 0 Å². The molecule has 19 heteroatoms. The molecule has 0 saturated heterocycles. The number of benzene rings is 5. The normalized spacial score (nSPS) is 14.3. The van der Waals surface area contributed by atoms with Crippen LogP contribution in [0, 0.1) is 0 Å². The van der Waals surface area contributed by atoms with Gasteiger partial charge in [0, 0.05) is 28.4 Å². The number of urea groups is 1. The van der Waals surface area contributed by atoms with Gasteiger partial charge in [0.05, 0.1) is 15.5 Å². The topological polar surface area (TPSA) is 266 Å². The van der Waals surface area contributed by atoms with E-state index in [4.69, 9.17) is 0 Å². The Labute approximate surface area is 283 Å². The van der Waals surface area contributed by atoms with E-state index < -0.39 is 63.4 Å². The molecule has 0 aliphatic heterocycles. The minimum absolute atomic E-state index is 0.0101. The summed E-state index contributed by atoms with van der Waals surface area (Å²) >= 11 is 0. The van der Waals surface area contributed by atoms with Crippen molar-refractivity contribution in [2.24, 2.45) is 5.10 Å². The summed E-state index contributed by atoms with van der Waals surface area (Å²) in [7, 11) is -14.1. The van der Waals surface area contributed by atoms with Gasteiger partial charge in [-0.25, -0.2) is 4.79 Å². The van der Waals surface area contributed by atoms with Gasteiger partial charge in [-0.05, 0) is 94.5 Å². The van der Waals surface area contributed by atoms with Crippen LogP contribution < -0.4 is 16.1 Å². The second-order valence-electron chi connectivity index (χ2n) is 10.8. The predicted molar refractivity (Wildman–Crippen MR) is 183 cm³/mol. The fourth-order valence-electron chi connectivity index (χ4n) is 5.14. The van der Waals surface area contributed by atoms with Crippen molar-refractivity contribution in [2.45, 2.75) is 9.79 Å². The Morgan fingerprint density at radius 2 is 1.20 bits per heavy atom. The first kappa shape index (κ1) is 34.2. The second-order valence-corrected chi connectivity index (χ2v) is 15.1. The smallest absolute Gasteiger partial charge is 0.323 e. The number of aromatic hydroxyl groups is 1. The quantitative estimate of drug-likeness (QED) is 0.0881. The maximum atomic E-state index is 13.4. The van der Waals surface area contributed by atoms with Gasteiger partial charge in [-0.2, -0.15) is 30.4 Å². The monoisotopic (exact) mass is 738 g/mol. The number of nitrogens with one attached hydrogen (secondary N) is 3. The van der Waals surface area contributed by atoms with Gasteiger partial charge >= 0.3 is 6.03 Å². The van der Waals surface area contributed by atoms with Gasteiger partial charge in [-0.1, -0.05) is 12.1 Å². The molecule has 0 unspecified atom stereocenters. The van der Waals surface area contributed by atoms with E-state index in [0.717, 1.165) is 18.2 Å². The molecule has 0 bridgehead atoms. The molecule has 0 spiro atoms. The Hall–Kier alpha value is -5.70. The van der Waals surface area contributed by atoms with E-state index in [1.165, 1.54) is 72.8 Å². The number of carbonyl (C=O) groups excluding carboxylic acids is 2. The zero-order valence-electron chi connectivity index (χ0n) is 24.9. The Balaban J connectivity index is 1.23. The van der Waals surface area contributed by atoms with E-state index in [9.17, 15) is 53.6 Å². The first-order valence-electron chi connectivity index (χ1n) is 13.9. The number of Topliss-reactive ketones (excluding diaryl/α,β-unsaturated/α-hetero) is 1. The Kier molecular flexibility index (Phi) is 8.42. The van der Waals surface area contributed by atoms with E-state index in [0.29, 0.717) is 10.8 Å². The number of nitrogens with zero attached hydrogens (tertiary/aromatic N) is 1. The van der Waals surface area contributed by atoms with Crippen LogP contribution in [0.2, 0.25) is 0 Å².